The third kappa shape index (κ3) is 3.85. The van der Waals surface area contributed by atoms with Crippen molar-refractivity contribution in [3.05, 3.63) is 22.8 Å². The van der Waals surface area contributed by atoms with Crippen LogP contribution >= 0.6 is 11.6 Å². The molecule has 0 radical (unpaired) electrons. The van der Waals surface area contributed by atoms with Crippen molar-refractivity contribution in [2.24, 2.45) is 11.8 Å². The number of pyridine rings is 1. The van der Waals surface area contributed by atoms with E-state index in [9.17, 15) is 4.79 Å². The molecule has 4 nitrogen and oxygen atoms in total. The van der Waals surface area contributed by atoms with E-state index in [0.29, 0.717) is 5.82 Å². The zero-order valence-corrected chi connectivity index (χ0v) is 12.5. The zero-order chi connectivity index (χ0) is 14.5. The average Bonchev–Trinajstić information content (AvgIpc) is 2.40. The summed E-state index contributed by atoms with van der Waals surface area (Å²) in [5.74, 6) is 1.02. The molecule has 1 fully saturated rings. The molecule has 0 aliphatic heterocycles. The first kappa shape index (κ1) is 15.1. The lowest BCUT2D eigenvalue weighted by molar-refractivity contribution is 0.0697. The molecular weight excluding hydrogens is 276 g/mol. The predicted octanol–water partition coefficient (Wildman–Crippen LogP) is 4.06. The van der Waals surface area contributed by atoms with Crippen LogP contribution in [0.2, 0.25) is 5.02 Å². The first-order valence-electron chi connectivity index (χ1n) is 7.19. The fraction of sp³-hybridized carbons (Fsp3) is 0.600. The maximum Gasteiger partial charge on any atom is 0.337 e. The lowest BCUT2D eigenvalue weighted by Gasteiger charge is -2.26. The van der Waals surface area contributed by atoms with Crippen molar-refractivity contribution < 1.29 is 9.90 Å². The Bertz CT molecular complexity index is 479. The Balaban J connectivity index is 1.88. The molecule has 1 aliphatic carbocycles. The highest BCUT2D eigenvalue weighted by Crippen LogP contribution is 2.31. The second-order valence-electron chi connectivity index (χ2n) is 5.68. The zero-order valence-electron chi connectivity index (χ0n) is 11.7. The number of carboxylic acid groups (broad SMARTS) is 1. The van der Waals surface area contributed by atoms with Crippen molar-refractivity contribution in [3.63, 3.8) is 0 Å². The lowest BCUT2D eigenvalue weighted by atomic mass is 9.81. The van der Waals surface area contributed by atoms with Gasteiger partial charge in [-0.2, -0.15) is 0 Å². The van der Waals surface area contributed by atoms with Gasteiger partial charge < -0.3 is 10.4 Å². The normalized spacial score (nSPS) is 22.5. The van der Waals surface area contributed by atoms with Gasteiger partial charge >= 0.3 is 5.97 Å². The summed E-state index contributed by atoms with van der Waals surface area (Å²) in [5.41, 5.74) is 0.0930. The Hall–Kier alpha value is -1.29. The molecule has 1 aromatic rings. The highest BCUT2D eigenvalue weighted by molar-refractivity contribution is 6.35. The summed E-state index contributed by atoms with van der Waals surface area (Å²) in [6.45, 7) is 3.10. The summed E-state index contributed by atoms with van der Waals surface area (Å²) >= 11 is 6.04. The Morgan fingerprint density at radius 2 is 2.35 bits per heavy atom. The quantitative estimate of drug-likeness (QED) is 0.860. The van der Waals surface area contributed by atoms with Gasteiger partial charge in [0, 0.05) is 12.7 Å². The van der Waals surface area contributed by atoms with Gasteiger partial charge in [0.25, 0.3) is 0 Å². The molecule has 2 atom stereocenters. The van der Waals surface area contributed by atoms with Crippen molar-refractivity contribution in [2.75, 3.05) is 11.9 Å². The molecule has 0 aromatic carbocycles. The Morgan fingerprint density at radius 1 is 1.55 bits per heavy atom. The number of carboxylic acids is 1. The SMILES string of the molecule is CC1CCCC(CCNc2nccc(C(=O)O)c2Cl)C1. The van der Waals surface area contributed by atoms with Crippen LogP contribution in [0.25, 0.3) is 0 Å². The number of hydrogen-bond acceptors (Lipinski definition) is 3. The molecule has 20 heavy (non-hydrogen) atoms. The van der Waals surface area contributed by atoms with Crippen LogP contribution in [0.5, 0.6) is 0 Å². The molecule has 0 bridgehead atoms. The Labute approximate surface area is 124 Å². The summed E-state index contributed by atoms with van der Waals surface area (Å²) in [6.07, 6.45) is 7.80. The monoisotopic (exact) mass is 296 g/mol. The van der Waals surface area contributed by atoms with Gasteiger partial charge in [-0.15, -0.1) is 0 Å². The molecule has 0 saturated heterocycles. The van der Waals surface area contributed by atoms with E-state index in [2.05, 4.69) is 17.2 Å². The van der Waals surface area contributed by atoms with Crippen molar-refractivity contribution in [2.45, 2.75) is 39.0 Å². The summed E-state index contributed by atoms with van der Waals surface area (Å²) < 4.78 is 0. The van der Waals surface area contributed by atoms with Crippen molar-refractivity contribution in [3.8, 4) is 0 Å². The number of nitrogens with zero attached hydrogens (tertiary/aromatic N) is 1. The highest BCUT2D eigenvalue weighted by atomic mass is 35.5. The van der Waals surface area contributed by atoms with Crippen molar-refractivity contribution >= 4 is 23.4 Å². The lowest BCUT2D eigenvalue weighted by Crippen LogP contribution is -2.17. The molecule has 1 heterocycles. The van der Waals surface area contributed by atoms with Gasteiger partial charge in [-0.1, -0.05) is 37.8 Å². The minimum atomic E-state index is -1.03. The smallest absolute Gasteiger partial charge is 0.337 e. The van der Waals surface area contributed by atoms with Crippen LogP contribution in [0.1, 0.15) is 49.4 Å². The topological polar surface area (TPSA) is 62.2 Å². The summed E-state index contributed by atoms with van der Waals surface area (Å²) in [4.78, 5) is 15.1. The molecule has 1 aliphatic rings. The van der Waals surface area contributed by atoms with Gasteiger partial charge in [-0.3, -0.25) is 0 Å². The van der Waals surface area contributed by atoms with Crippen LogP contribution < -0.4 is 5.32 Å². The molecule has 1 aromatic heterocycles. The van der Waals surface area contributed by atoms with E-state index < -0.39 is 5.97 Å². The number of aromatic carboxylic acids is 1. The number of aromatic nitrogens is 1. The van der Waals surface area contributed by atoms with E-state index >= 15 is 0 Å². The van der Waals surface area contributed by atoms with Gasteiger partial charge in [-0.05, 0) is 30.7 Å². The molecule has 110 valence electrons. The van der Waals surface area contributed by atoms with E-state index in [1.54, 1.807) is 0 Å². The number of rotatable bonds is 5. The van der Waals surface area contributed by atoms with E-state index in [-0.39, 0.29) is 10.6 Å². The van der Waals surface area contributed by atoms with Gasteiger partial charge in [0.1, 0.15) is 5.82 Å². The first-order chi connectivity index (χ1) is 9.58. The van der Waals surface area contributed by atoms with Crippen LogP contribution in [-0.2, 0) is 0 Å². The van der Waals surface area contributed by atoms with E-state index in [0.717, 1.165) is 24.8 Å². The molecule has 0 amide bonds. The Kier molecular flexibility index (Phi) is 5.24. The standard InChI is InChI=1S/C15H21ClN2O2/c1-10-3-2-4-11(9-10)5-7-17-14-13(16)12(15(19)20)6-8-18-14/h6,8,10-11H,2-5,7,9H2,1H3,(H,17,18)(H,19,20). The highest BCUT2D eigenvalue weighted by Gasteiger charge is 2.19. The summed E-state index contributed by atoms with van der Waals surface area (Å²) in [6, 6.07) is 1.42. The van der Waals surface area contributed by atoms with E-state index in [1.165, 1.54) is 37.9 Å². The molecule has 5 heteroatoms. The third-order valence-corrected chi connectivity index (χ3v) is 4.39. The largest absolute Gasteiger partial charge is 0.478 e. The summed E-state index contributed by atoms with van der Waals surface area (Å²) in [5, 5.41) is 12.4. The van der Waals surface area contributed by atoms with Gasteiger partial charge in [0.2, 0.25) is 0 Å². The third-order valence-electron chi connectivity index (χ3n) is 4.01. The minimum absolute atomic E-state index is 0.0930. The number of anilines is 1. The van der Waals surface area contributed by atoms with E-state index in [1.807, 2.05) is 0 Å². The maximum absolute atomic E-state index is 11.0. The van der Waals surface area contributed by atoms with Gasteiger partial charge in [0.05, 0.1) is 10.6 Å². The van der Waals surface area contributed by atoms with Gasteiger partial charge in [0.15, 0.2) is 0 Å². The van der Waals surface area contributed by atoms with Crippen molar-refractivity contribution in [1.82, 2.24) is 4.98 Å². The maximum atomic E-state index is 11.0. The molecule has 2 N–H and O–H groups in total. The van der Waals surface area contributed by atoms with Crippen LogP contribution in [0.15, 0.2) is 12.3 Å². The summed E-state index contributed by atoms with van der Waals surface area (Å²) in [7, 11) is 0. The molecule has 2 rings (SSSR count). The number of halogens is 1. The Morgan fingerprint density at radius 3 is 3.05 bits per heavy atom. The number of carbonyl (C=O) groups is 1. The second-order valence-corrected chi connectivity index (χ2v) is 6.06. The van der Waals surface area contributed by atoms with Crippen LogP contribution in [-0.4, -0.2) is 22.6 Å². The fourth-order valence-corrected chi connectivity index (χ4v) is 3.21. The number of hydrogen-bond donors (Lipinski definition) is 2. The molecule has 0 spiro atoms. The van der Waals surface area contributed by atoms with Crippen molar-refractivity contribution in [1.29, 1.82) is 0 Å². The molecule has 2 unspecified atom stereocenters. The molecular formula is C15H21ClN2O2. The fourth-order valence-electron chi connectivity index (χ4n) is 2.95. The minimum Gasteiger partial charge on any atom is -0.478 e. The first-order valence-corrected chi connectivity index (χ1v) is 7.57. The van der Waals surface area contributed by atoms with Crippen LogP contribution in [0.3, 0.4) is 0 Å². The molecule has 1 saturated carbocycles. The van der Waals surface area contributed by atoms with Crippen LogP contribution in [0, 0.1) is 11.8 Å². The average molecular weight is 297 g/mol. The predicted molar refractivity (Wildman–Crippen MR) is 80.4 cm³/mol. The van der Waals surface area contributed by atoms with E-state index in [4.69, 9.17) is 16.7 Å². The van der Waals surface area contributed by atoms with Gasteiger partial charge in [-0.25, -0.2) is 9.78 Å². The second kappa shape index (κ2) is 6.93. The van der Waals surface area contributed by atoms with Crippen LogP contribution in [0.4, 0.5) is 5.82 Å². The number of nitrogens with one attached hydrogen (secondary N) is 1.